The molecule has 1 aliphatic rings. The summed E-state index contributed by atoms with van der Waals surface area (Å²) in [5.41, 5.74) is 2.15. The van der Waals surface area contributed by atoms with E-state index in [2.05, 4.69) is 5.32 Å². The van der Waals surface area contributed by atoms with Gasteiger partial charge < -0.3 is 15.1 Å². The molecule has 0 aliphatic heterocycles. The van der Waals surface area contributed by atoms with E-state index < -0.39 is 11.4 Å². The number of carbonyl (C=O) groups excluding carboxylic acids is 3. The summed E-state index contributed by atoms with van der Waals surface area (Å²) in [6, 6.07) is 7.55. The maximum Gasteiger partial charge on any atom is 0.254 e. The normalized spacial score (nSPS) is 14.5. The van der Waals surface area contributed by atoms with Gasteiger partial charge in [-0.15, -0.1) is 0 Å². The lowest BCUT2D eigenvalue weighted by molar-refractivity contribution is -0.131. The fourth-order valence-electron chi connectivity index (χ4n) is 4.21. The Hall–Kier alpha value is -2.61. The number of benzene rings is 1. The predicted octanol–water partition coefficient (Wildman–Crippen LogP) is 3.49. The van der Waals surface area contributed by atoms with E-state index in [4.69, 9.17) is 5.21 Å². The van der Waals surface area contributed by atoms with Crippen molar-refractivity contribution in [1.82, 2.24) is 15.7 Å². The fraction of sp³-hybridized carbons (Fsp3) is 0.640. The number of amides is 3. The number of anilines is 1. The molecular weight excluding hydrogens is 420 g/mol. The van der Waals surface area contributed by atoms with Gasteiger partial charge in [0.25, 0.3) is 5.91 Å². The Labute approximate surface area is 197 Å². The SMILES string of the molecule is CN(C)c1ccc(C(=O)N(CCCCCC(=O)NO)C(C)(C)C(=O)NC2CCCCC2)cc1. The second-order valence-corrected chi connectivity index (χ2v) is 9.61. The van der Waals surface area contributed by atoms with Crippen LogP contribution < -0.4 is 15.7 Å². The number of carbonyl (C=O) groups is 3. The van der Waals surface area contributed by atoms with Crippen LogP contribution in [0.2, 0.25) is 0 Å². The van der Waals surface area contributed by atoms with Gasteiger partial charge >= 0.3 is 0 Å². The van der Waals surface area contributed by atoms with Gasteiger partial charge in [-0.3, -0.25) is 19.6 Å². The number of rotatable bonds is 11. The Morgan fingerprint density at radius 3 is 2.21 bits per heavy atom. The first kappa shape index (κ1) is 26.6. The molecule has 0 unspecified atom stereocenters. The Morgan fingerprint density at radius 2 is 1.64 bits per heavy atom. The van der Waals surface area contributed by atoms with Crippen LogP contribution in [0.5, 0.6) is 0 Å². The quantitative estimate of drug-likeness (QED) is 0.267. The number of nitrogens with one attached hydrogen (secondary N) is 2. The van der Waals surface area contributed by atoms with Gasteiger partial charge in [0.15, 0.2) is 0 Å². The molecule has 0 heterocycles. The van der Waals surface area contributed by atoms with Gasteiger partial charge in [0.1, 0.15) is 5.54 Å². The van der Waals surface area contributed by atoms with E-state index in [1.807, 2.05) is 31.1 Å². The number of hydroxylamine groups is 1. The monoisotopic (exact) mass is 460 g/mol. The van der Waals surface area contributed by atoms with Crippen molar-refractivity contribution in [3.05, 3.63) is 29.8 Å². The highest BCUT2D eigenvalue weighted by Crippen LogP contribution is 2.24. The molecule has 33 heavy (non-hydrogen) atoms. The summed E-state index contributed by atoms with van der Waals surface area (Å²) in [7, 11) is 3.89. The van der Waals surface area contributed by atoms with Crippen LogP contribution in [0.1, 0.15) is 82.0 Å². The summed E-state index contributed by atoms with van der Waals surface area (Å²) >= 11 is 0. The second-order valence-electron chi connectivity index (χ2n) is 9.61. The second kappa shape index (κ2) is 12.6. The first-order valence-electron chi connectivity index (χ1n) is 12.0. The Bertz CT molecular complexity index is 786. The molecule has 1 aromatic rings. The lowest BCUT2D eigenvalue weighted by atomic mass is 9.93. The number of nitrogens with zero attached hydrogens (tertiary/aromatic N) is 2. The van der Waals surface area contributed by atoms with Gasteiger partial charge in [-0.25, -0.2) is 5.48 Å². The summed E-state index contributed by atoms with van der Waals surface area (Å²) in [4.78, 5) is 41.7. The maximum absolute atomic E-state index is 13.5. The van der Waals surface area contributed by atoms with E-state index in [0.717, 1.165) is 31.4 Å². The highest BCUT2D eigenvalue weighted by Gasteiger charge is 2.38. The first-order valence-corrected chi connectivity index (χ1v) is 12.0. The lowest BCUT2D eigenvalue weighted by Gasteiger charge is -2.39. The molecular formula is C25H40N4O4. The van der Waals surface area contributed by atoms with Crippen LogP contribution in [0, 0.1) is 0 Å². The van der Waals surface area contributed by atoms with Crippen LogP contribution in [-0.4, -0.2) is 60.0 Å². The smallest absolute Gasteiger partial charge is 0.254 e. The Kier molecular flexibility index (Phi) is 10.2. The molecule has 3 N–H and O–H groups in total. The molecule has 8 nitrogen and oxygen atoms in total. The van der Waals surface area contributed by atoms with Crippen LogP contribution in [0.4, 0.5) is 5.69 Å². The van der Waals surface area contributed by atoms with E-state index in [1.54, 1.807) is 36.4 Å². The number of unbranched alkanes of at least 4 members (excludes halogenated alkanes) is 2. The third kappa shape index (κ3) is 7.74. The topological polar surface area (TPSA) is 102 Å². The first-order chi connectivity index (χ1) is 15.7. The predicted molar refractivity (Wildman–Crippen MR) is 129 cm³/mol. The molecule has 1 fully saturated rings. The summed E-state index contributed by atoms with van der Waals surface area (Å²) in [5.74, 6) is -0.736. The molecule has 0 radical (unpaired) electrons. The molecule has 0 saturated heterocycles. The maximum atomic E-state index is 13.5. The largest absolute Gasteiger partial charge is 0.378 e. The van der Waals surface area contributed by atoms with Crippen molar-refractivity contribution in [2.75, 3.05) is 25.5 Å². The van der Waals surface area contributed by atoms with Crippen molar-refractivity contribution in [2.45, 2.75) is 83.2 Å². The van der Waals surface area contributed by atoms with Crippen LogP contribution >= 0.6 is 0 Å². The summed E-state index contributed by atoms with van der Waals surface area (Å²) in [6.45, 7) is 4.01. The van der Waals surface area contributed by atoms with Crippen molar-refractivity contribution in [1.29, 1.82) is 0 Å². The third-order valence-electron chi connectivity index (χ3n) is 6.46. The standard InChI is InChI=1S/C25H40N4O4/c1-25(2,24(32)26-20-11-7-5-8-12-20)29(18-10-6-9-13-22(30)27-33)23(31)19-14-16-21(17-15-19)28(3)4/h14-17,20,33H,5-13,18H2,1-4H3,(H,26,32)(H,27,30). The Morgan fingerprint density at radius 1 is 1.00 bits per heavy atom. The molecule has 1 aliphatic carbocycles. The number of hydrogen-bond donors (Lipinski definition) is 3. The van der Waals surface area contributed by atoms with E-state index >= 15 is 0 Å². The van der Waals surface area contributed by atoms with Crippen LogP contribution in [-0.2, 0) is 9.59 Å². The molecule has 0 aromatic heterocycles. The van der Waals surface area contributed by atoms with Gasteiger partial charge in [0.2, 0.25) is 11.8 Å². The van der Waals surface area contributed by atoms with Crippen LogP contribution in [0.15, 0.2) is 24.3 Å². The molecule has 184 valence electrons. The van der Waals surface area contributed by atoms with E-state index in [1.165, 1.54) is 6.42 Å². The minimum absolute atomic E-state index is 0.132. The summed E-state index contributed by atoms with van der Waals surface area (Å²) < 4.78 is 0. The van der Waals surface area contributed by atoms with Crippen molar-refractivity contribution in [2.24, 2.45) is 0 Å². The molecule has 0 bridgehead atoms. The highest BCUT2D eigenvalue weighted by molar-refractivity contribution is 5.99. The van der Waals surface area contributed by atoms with Crippen LogP contribution in [0.3, 0.4) is 0 Å². The molecule has 1 aromatic carbocycles. The average molecular weight is 461 g/mol. The minimum Gasteiger partial charge on any atom is -0.378 e. The molecule has 3 amide bonds. The lowest BCUT2D eigenvalue weighted by Crippen LogP contribution is -2.59. The highest BCUT2D eigenvalue weighted by atomic mass is 16.5. The van der Waals surface area contributed by atoms with Crippen LogP contribution in [0.25, 0.3) is 0 Å². The molecule has 8 heteroatoms. The van der Waals surface area contributed by atoms with Gasteiger partial charge in [0.05, 0.1) is 0 Å². The zero-order chi connectivity index (χ0) is 24.4. The minimum atomic E-state index is -1.02. The number of hydrogen-bond acceptors (Lipinski definition) is 5. The van der Waals surface area contributed by atoms with Crippen molar-refractivity contribution < 1.29 is 19.6 Å². The molecule has 2 rings (SSSR count). The summed E-state index contributed by atoms with van der Waals surface area (Å²) in [5, 5.41) is 11.8. The van der Waals surface area contributed by atoms with E-state index in [-0.39, 0.29) is 24.3 Å². The molecule has 0 spiro atoms. The van der Waals surface area contributed by atoms with Gasteiger partial charge in [-0.05, 0) is 63.8 Å². The van der Waals surface area contributed by atoms with E-state index in [9.17, 15) is 14.4 Å². The fourth-order valence-corrected chi connectivity index (χ4v) is 4.21. The van der Waals surface area contributed by atoms with Crippen molar-refractivity contribution in [3.63, 3.8) is 0 Å². The van der Waals surface area contributed by atoms with Gasteiger partial charge in [0, 0.05) is 44.4 Å². The van der Waals surface area contributed by atoms with Crippen molar-refractivity contribution >= 4 is 23.4 Å². The molecule has 0 atom stereocenters. The van der Waals surface area contributed by atoms with E-state index in [0.29, 0.717) is 31.4 Å². The third-order valence-corrected chi connectivity index (χ3v) is 6.46. The summed E-state index contributed by atoms with van der Waals surface area (Å²) in [6.07, 6.45) is 7.59. The zero-order valence-electron chi connectivity index (χ0n) is 20.5. The van der Waals surface area contributed by atoms with Gasteiger partial charge in [-0.1, -0.05) is 25.7 Å². The average Bonchev–Trinajstić information content (AvgIpc) is 2.81. The molecule has 1 saturated carbocycles. The zero-order valence-corrected chi connectivity index (χ0v) is 20.5. The van der Waals surface area contributed by atoms with Gasteiger partial charge in [-0.2, -0.15) is 0 Å². The Balaban J connectivity index is 2.14. The van der Waals surface area contributed by atoms with Crippen molar-refractivity contribution in [3.8, 4) is 0 Å².